The third kappa shape index (κ3) is 4.63. The van der Waals surface area contributed by atoms with Gasteiger partial charge in [-0.1, -0.05) is 17.7 Å². The van der Waals surface area contributed by atoms with Crippen molar-refractivity contribution in [3.8, 4) is 21.8 Å². The van der Waals surface area contributed by atoms with Crippen LogP contribution in [0.3, 0.4) is 0 Å². The molecular weight excluding hydrogens is 346 g/mol. The largest absolute Gasteiger partial charge is 0.748 e. The molecule has 2 N–H and O–H groups in total. The van der Waals surface area contributed by atoms with Gasteiger partial charge < -0.3 is 36.1 Å². The molecule has 0 saturated carbocycles. The fourth-order valence-corrected chi connectivity index (χ4v) is 2.72. The van der Waals surface area contributed by atoms with E-state index in [0.717, 1.165) is 21.8 Å². The van der Waals surface area contributed by atoms with Crippen LogP contribution in [0.5, 0.6) is 0 Å². The van der Waals surface area contributed by atoms with E-state index < -0.39 is 0 Å². The molecule has 4 aromatic rings. The Balaban J connectivity index is 0.000000276. The summed E-state index contributed by atoms with van der Waals surface area (Å²) in [6.45, 7) is 0. The van der Waals surface area contributed by atoms with E-state index in [1.54, 1.807) is 11.3 Å². The van der Waals surface area contributed by atoms with Crippen LogP contribution in [0.4, 0.5) is 5.95 Å². The fraction of sp³-hybridized carbons (Fsp3) is 0. The SMILES string of the molecule is Nc1nc(-c2cccs2)cc(-[c-]2cccc2)n1.[Fe].[cH-]1[cH-][cH-][cH-][cH-]1. The van der Waals surface area contributed by atoms with Crippen LogP contribution in [0.15, 0.2) is 78.2 Å². The second-order valence-corrected chi connectivity index (χ2v) is 5.56. The minimum Gasteiger partial charge on any atom is -0.748 e. The molecule has 3 nitrogen and oxygen atoms in total. The van der Waals surface area contributed by atoms with Gasteiger partial charge in [-0.15, -0.1) is 23.5 Å². The zero-order chi connectivity index (χ0) is 15.2. The van der Waals surface area contributed by atoms with Crippen LogP contribution in [0.25, 0.3) is 21.8 Å². The third-order valence-electron chi connectivity index (χ3n) is 3.03. The van der Waals surface area contributed by atoms with Crippen LogP contribution in [-0.4, -0.2) is 9.97 Å². The number of aromatic nitrogens is 2. The number of nitrogens with two attached hydrogens (primary N) is 1. The van der Waals surface area contributed by atoms with E-state index >= 15 is 0 Å². The number of hydrogen-bond donors (Lipinski definition) is 1. The molecule has 23 heavy (non-hydrogen) atoms. The zero-order valence-electron chi connectivity index (χ0n) is 12.2. The Hall–Kier alpha value is -2.20. The Kier molecular flexibility index (Phi) is 6.29. The summed E-state index contributed by atoms with van der Waals surface area (Å²) in [7, 11) is 0. The predicted octanol–water partition coefficient (Wildman–Crippen LogP) is 4.58. The van der Waals surface area contributed by atoms with Crippen LogP contribution in [-0.2, 0) is 17.1 Å². The molecular formula is C18H15FeN3S-6. The second-order valence-electron chi connectivity index (χ2n) is 4.61. The number of rotatable bonds is 2. The molecule has 4 rings (SSSR count). The van der Waals surface area contributed by atoms with E-state index in [2.05, 4.69) is 9.97 Å². The molecule has 2 aromatic carbocycles. The van der Waals surface area contributed by atoms with E-state index in [0.29, 0.717) is 5.95 Å². The Morgan fingerprint density at radius 3 is 2.17 bits per heavy atom. The Morgan fingerprint density at radius 1 is 0.957 bits per heavy atom. The molecule has 0 aliphatic rings. The molecule has 0 atom stereocenters. The monoisotopic (exact) mass is 361 g/mol. The van der Waals surface area contributed by atoms with Crippen LogP contribution >= 0.6 is 11.3 Å². The standard InChI is InChI=1S/C13H10N3S.C5H5.Fe/c14-13-15-10(9-4-1-2-5-9)8-11(16-13)12-6-3-7-17-12;1-2-4-5-3-1;/h1-8H,(H2,14,15,16);1-5H;/q-1;-5;. The molecule has 0 aliphatic carbocycles. The molecule has 122 valence electrons. The maximum absolute atomic E-state index is 5.75. The molecule has 0 fully saturated rings. The summed E-state index contributed by atoms with van der Waals surface area (Å²) in [5, 5.41) is 2.02. The third-order valence-corrected chi connectivity index (χ3v) is 3.92. The van der Waals surface area contributed by atoms with Gasteiger partial charge in [0.1, 0.15) is 0 Å². The number of thiophene rings is 1. The van der Waals surface area contributed by atoms with Gasteiger partial charge in [0.25, 0.3) is 0 Å². The van der Waals surface area contributed by atoms with Gasteiger partial charge in [-0.05, 0) is 17.1 Å². The summed E-state index contributed by atoms with van der Waals surface area (Å²) in [5.41, 5.74) is 8.57. The van der Waals surface area contributed by atoms with Crippen molar-refractivity contribution in [3.05, 3.63) is 78.2 Å². The summed E-state index contributed by atoms with van der Waals surface area (Å²) in [6.07, 6.45) is 0. The molecule has 0 bridgehead atoms. The first kappa shape index (κ1) is 17.2. The normalized spacial score (nSPS) is 9.57. The van der Waals surface area contributed by atoms with Crippen LogP contribution in [0.2, 0.25) is 0 Å². The molecule has 5 heteroatoms. The fourth-order valence-electron chi connectivity index (χ4n) is 2.03. The minimum absolute atomic E-state index is 0. The van der Waals surface area contributed by atoms with Gasteiger partial charge in [0.15, 0.2) is 0 Å². The molecule has 2 aromatic heterocycles. The van der Waals surface area contributed by atoms with Gasteiger partial charge in [-0.2, -0.15) is 12.1 Å². The van der Waals surface area contributed by atoms with Gasteiger partial charge in [0.05, 0.1) is 0 Å². The molecule has 0 aliphatic heterocycles. The average Bonchev–Trinajstić information content (AvgIpc) is 3.31. The van der Waals surface area contributed by atoms with Crippen LogP contribution < -0.4 is 5.73 Å². The quantitative estimate of drug-likeness (QED) is 0.420. The van der Waals surface area contributed by atoms with Crippen molar-refractivity contribution in [2.24, 2.45) is 0 Å². The smallest absolute Gasteiger partial charge is 0.218 e. The summed E-state index contributed by atoms with van der Waals surface area (Å²) in [4.78, 5) is 9.62. The van der Waals surface area contributed by atoms with Crippen molar-refractivity contribution >= 4 is 17.3 Å². The van der Waals surface area contributed by atoms with Gasteiger partial charge in [-0.3, -0.25) is 0 Å². The maximum atomic E-state index is 5.75. The minimum atomic E-state index is 0. The molecule has 0 unspecified atom stereocenters. The van der Waals surface area contributed by atoms with Gasteiger partial charge in [-0.25, -0.2) is 9.97 Å². The molecule has 2 heterocycles. The number of hydrogen-bond acceptors (Lipinski definition) is 4. The first-order valence-corrected chi connectivity index (χ1v) is 7.78. The van der Waals surface area contributed by atoms with Crippen molar-refractivity contribution in [2.45, 2.75) is 0 Å². The summed E-state index contributed by atoms with van der Waals surface area (Å²) in [6, 6.07) is 24.0. The van der Waals surface area contributed by atoms with Gasteiger partial charge >= 0.3 is 0 Å². The summed E-state index contributed by atoms with van der Waals surface area (Å²) < 4.78 is 0. The number of anilines is 1. The number of nitrogens with zero attached hydrogens (tertiary/aromatic N) is 2. The van der Waals surface area contributed by atoms with Crippen molar-refractivity contribution in [1.82, 2.24) is 9.97 Å². The molecule has 0 radical (unpaired) electrons. The van der Waals surface area contributed by atoms with Crippen molar-refractivity contribution in [1.29, 1.82) is 0 Å². The average molecular weight is 361 g/mol. The van der Waals surface area contributed by atoms with Crippen LogP contribution in [0, 0.1) is 0 Å². The van der Waals surface area contributed by atoms with Crippen LogP contribution in [0.1, 0.15) is 0 Å². The molecule has 0 amide bonds. The maximum Gasteiger partial charge on any atom is 0.218 e. The first-order valence-electron chi connectivity index (χ1n) is 6.90. The van der Waals surface area contributed by atoms with E-state index in [1.807, 2.05) is 78.2 Å². The topological polar surface area (TPSA) is 51.8 Å². The van der Waals surface area contributed by atoms with E-state index in [9.17, 15) is 0 Å². The second kappa shape index (κ2) is 8.44. The Bertz CT molecular complexity index is 721. The molecule has 0 spiro atoms. The van der Waals surface area contributed by atoms with Crippen molar-refractivity contribution < 1.29 is 17.1 Å². The first-order chi connectivity index (χ1) is 10.8. The summed E-state index contributed by atoms with van der Waals surface area (Å²) >= 11 is 1.64. The van der Waals surface area contributed by atoms with Crippen molar-refractivity contribution in [2.75, 3.05) is 5.73 Å². The van der Waals surface area contributed by atoms with E-state index in [1.165, 1.54) is 0 Å². The predicted molar refractivity (Wildman–Crippen MR) is 92.8 cm³/mol. The van der Waals surface area contributed by atoms with Gasteiger partial charge in [0.2, 0.25) is 5.95 Å². The Labute approximate surface area is 150 Å². The van der Waals surface area contributed by atoms with Crippen molar-refractivity contribution in [3.63, 3.8) is 0 Å². The van der Waals surface area contributed by atoms with Gasteiger partial charge in [0, 0.05) is 27.6 Å². The zero-order valence-corrected chi connectivity index (χ0v) is 14.2. The van der Waals surface area contributed by atoms with E-state index in [-0.39, 0.29) is 17.1 Å². The molecule has 0 saturated heterocycles. The Morgan fingerprint density at radius 2 is 1.61 bits per heavy atom. The summed E-state index contributed by atoms with van der Waals surface area (Å²) in [5.74, 6) is 0.312. The number of nitrogen functional groups attached to an aromatic ring is 1. The van der Waals surface area contributed by atoms with E-state index in [4.69, 9.17) is 5.73 Å².